The van der Waals surface area contributed by atoms with Crippen LogP contribution in [0.4, 0.5) is 0 Å². The molecule has 1 fully saturated rings. The van der Waals surface area contributed by atoms with Crippen molar-refractivity contribution in [2.45, 2.75) is 50.6 Å². The number of hydrogen-bond acceptors (Lipinski definition) is 4. The first kappa shape index (κ1) is 12.5. The zero-order valence-electron chi connectivity index (χ0n) is 9.58. The average molecular weight is 215 g/mol. The number of carbonyl (C=O) groups is 1. The Morgan fingerprint density at radius 1 is 1.53 bits per heavy atom. The molecule has 0 bridgehead atoms. The largest absolute Gasteiger partial charge is 0.469 e. The number of ether oxygens (including phenoxy) is 1. The molecule has 0 amide bonds. The summed E-state index contributed by atoms with van der Waals surface area (Å²) in [6.45, 7) is 2.10. The minimum Gasteiger partial charge on any atom is -0.469 e. The maximum Gasteiger partial charge on any atom is 0.307 e. The van der Waals surface area contributed by atoms with Gasteiger partial charge in [0.1, 0.15) is 0 Å². The normalized spacial score (nSPS) is 21.3. The fraction of sp³-hybridized carbons (Fsp3) is 0.909. The SMILES string of the molecule is COC(=O)CC(C)NC1(CO)CCCC1. The minimum absolute atomic E-state index is 0.0581. The van der Waals surface area contributed by atoms with Crippen LogP contribution >= 0.6 is 0 Å². The summed E-state index contributed by atoms with van der Waals surface area (Å²) in [5.74, 6) is -0.207. The Bertz CT molecular complexity index is 212. The van der Waals surface area contributed by atoms with Gasteiger partial charge in [0.15, 0.2) is 0 Å². The molecule has 0 saturated heterocycles. The van der Waals surface area contributed by atoms with Crippen molar-refractivity contribution in [2.75, 3.05) is 13.7 Å². The molecule has 0 heterocycles. The van der Waals surface area contributed by atoms with Crippen molar-refractivity contribution in [3.8, 4) is 0 Å². The summed E-state index contributed by atoms with van der Waals surface area (Å²) < 4.78 is 4.61. The molecule has 0 aromatic carbocycles. The van der Waals surface area contributed by atoms with Crippen molar-refractivity contribution in [1.82, 2.24) is 5.32 Å². The van der Waals surface area contributed by atoms with E-state index < -0.39 is 0 Å². The van der Waals surface area contributed by atoms with Crippen LogP contribution in [0.2, 0.25) is 0 Å². The lowest BCUT2D eigenvalue weighted by atomic mass is 9.97. The Balaban J connectivity index is 2.41. The van der Waals surface area contributed by atoms with Crippen molar-refractivity contribution >= 4 is 5.97 Å². The molecule has 0 aromatic rings. The number of aliphatic hydroxyl groups excluding tert-OH is 1. The molecule has 88 valence electrons. The second-order valence-corrected chi connectivity index (χ2v) is 4.47. The van der Waals surface area contributed by atoms with Gasteiger partial charge in [-0.15, -0.1) is 0 Å². The van der Waals surface area contributed by atoms with Gasteiger partial charge >= 0.3 is 5.97 Å². The van der Waals surface area contributed by atoms with Crippen molar-refractivity contribution < 1.29 is 14.6 Å². The highest BCUT2D eigenvalue weighted by atomic mass is 16.5. The van der Waals surface area contributed by atoms with Crippen molar-refractivity contribution in [3.63, 3.8) is 0 Å². The smallest absolute Gasteiger partial charge is 0.307 e. The van der Waals surface area contributed by atoms with Crippen LogP contribution in [-0.2, 0) is 9.53 Å². The van der Waals surface area contributed by atoms with Crippen LogP contribution in [0.5, 0.6) is 0 Å². The Hall–Kier alpha value is -0.610. The van der Waals surface area contributed by atoms with Gasteiger partial charge in [-0.2, -0.15) is 0 Å². The van der Waals surface area contributed by atoms with Crippen LogP contribution < -0.4 is 5.32 Å². The van der Waals surface area contributed by atoms with Gasteiger partial charge in [0.2, 0.25) is 0 Å². The van der Waals surface area contributed by atoms with Crippen LogP contribution in [0.1, 0.15) is 39.0 Å². The summed E-state index contributed by atoms with van der Waals surface area (Å²) >= 11 is 0. The van der Waals surface area contributed by atoms with Crippen molar-refractivity contribution in [2.24, 2.45) is 0 Å². The maximum absolute atomic E-state index is 11.1. The molecule has 1 aliphatic rings. The molecule has 0 aromatic heterocycles. The summed E-state index contributed by atoms with van der Waals surface area (Å²) in [5, 5.41) is 12.7. The fourth-order valence-corrected chi connectivity index (χ4v) is 2.31. The zero-order valence-corrected chi connectivity index (χ0v) is 9.58. The molecule has 0 spiro atoms. The van der Waals surface area contributed by atoms with Gasteiger partial charge in [0.05, 0.1) is 20.1 Å². The molecule has 0 radical (unpaired) electrons. The Morgan fingerprint density at radius 3 is 2.60 bits per heavy atom. The van der Waals surface area contributed by atoms with E-state index in [0.717, 1.165) is 25.7 Å². The third-order valence-corrected chi connectivity index (χ3v) is 3.12. The molecule has 1 unspecified atom stereocenters. The highest BCUT2D eigenvalue weighted by molar-refractivity contribution is 5.69. The molecule has 2 N–H and O–H groups in total. The lowest BCUT2D eigenvalue weighted by molar-refractivity contribution is -0.141. The molecule has 1 rings (SSSR count). The molecular formula is C11H21NO3. The predicted molar refractivity (Wildman–Crippen MR) is 57.5 cm³/mol. The van der Waals surface area contributed by atoms with E-state index in [-0.39, 0.29) is 24.2 Å². The lowest BCUT2D eigenvalue weighted by Crippen LogP contribution is -2.50. The highest BCUT2D eigenvalue weighted by Gasteiger charge is 2.34. The first-order chi connectivity index (χ1) is 7.12. The fourth-order valence-electron chi connectivity index (χ4n) is 2.31. The number of hydrogen-bond donors (Lipinski definition) is 2. The Morgan fingerprint density at radius 2 is 2.13 bits per heavy atom. The van der Waals surface area contributed by atoms with E-state index in [1.165, 1.54) is 7.11 Å². The second kappa shape index (κ2) is 5.47. The number of rotatable bonds is 5. The molecule has 1 atom stereocenters. The molecule has 4 nitrogen and oxygen atoms in total. The molecule has 15 heavy (non-hydrogen) atoms. The van der Waals surface area contributed by atoms with Gasteiger partial charge < -0.3 is 15.2 Å². The monoisotopic (exact) mass is 215 g/mol. The van der Waals surface area contributed by atoms with Gasteiger partial charge in [-0.05, 0) is 19.8 Å². The summed E-state index contributed by atoms with van der Waals surface area (Å²) in [6.07, 6.45) is 4.65. The molecular weight excluding hydrogens is 194 g/mol. The van der Waals surface area contributed by atoms with Gasteiger partial charge in [-0.25, -0.2) is 0 Å². The van der Waals surface area contributed by atoms with E-state index in [2.05, 4.69) is 10.1 Å². The highest BCUT2D eigenvalue weighted by Crippen LogP contribution is 2.29. The molecule has 4 heteroatoms. The first-order valence-electron chi connectivity index (χ1n) is 5.57. The maximum atomic E-state index is 11.1. The first-order valence-corrected chi connectivity index (χ1v) is 5.57. The van der Waals surface area contributed by atoms with Crippen LogP contribution in [-0.4, -0.2) is 36.4 Å². The van der Waals surface area contributed by atoms with E-state index >= 15 is 0 Å². The molecule has 0 aliphatic heterocycles. The number of aliphatic hydroxyl groups is 1. The van der Waals surface area contributed by atoms with Crippen molar-refractivity contribution in [1.29, 1.82) is 0 Å². The van der Waals surface area contributed by atoms with E-state index in [9.17, 15) is 9.90 Å². The standard InChI is InChI=1S/C11H21NO3/c1-9(7-10(14)15-2)12-11(8-13)5-3-4-6-11/h9,12-13H,3-8H2,1-2H3. The molecule has 1 saturated carbocycles. The number of esters is 1. The molecule has 1 aliphatic carbocycles. The second-order valence-electron chi connectivity index (χ2n) is 4.47. The lowest BCUT2D eigenvalue weighted by Gasteiger charge is -2.31. The summed E-state index contributed by atoms with van der Waals surface area (Å²) in [5.41, 5.74) is -0.159. The van der Waals surface area contributed by atoms with E-state index in [1.54, 1.807) is 0 Å². The van der Waals surface area contributed by atoms with Gasteiger partial charge in [-0.3, -0.25) is 4.79 Å². The number of nitrogens with one attached hydrogen (secondary N) is 1. The topological polar surface area (TPSA) is 58.6 Å². The third-order valence-electron chi connectivity index (χ3n) is 3.12. The zero-order chi connectivity index (χ0) is 11.3. The van der Waals surface area contributed by atoms with E-state index in [1.807, 2.05) is 6.92 Å². The summed E-state index contributed by atoms with van der Waals surface area (Å²) in [4.78, 5) is 11.1. The quantitative estimate of drug-likeness (QED) is 0.667. The summed E-state index contributed by atoms with van der Waals surface area (Å²) in [7, 11) is 1.40. The Labute approximate surface area is 91.0 Å². The van der Waals surface area contributed by atoms with Crippen molar-refractivity contribution in [3.05, 3.63) is 0 Å². The average Bonchev–Trinajstić information content (AvgIpc) is 2.66. The third kappa shape index (κ3) is 3.47. The number of carbonyl (C=O) groups excluding carboxylic acids is 1. The van der Waals surface area contributed by atoms with E-state index in [0.29, 0.717) is 6.42 Å². The number of methoxy groups -OCH3 is 1. The van der Waals surface area contributed by atoms with Gasteiger partial charge in [0, 0.05) is 11.6 Å². The van der Waals surface area contributed by atoms with E-state index in [4.69, 9.17) is 0 Å². The predicted octanol–water partition coefficient (Wildman–Crippen LogP) is 0.833. The van der Waals surface area contributed by atoms with Crippen LogP contribution in [0.25, 0.3) is 0 Å². The van der Waals surface area contributed by atoms with Crippen LogP contribution in [0.15, 0.2) is 0 Å². The Kier molecular flexibility index (Phi) is 4.54. The van der Waals surface area contributed by atoms with Gasteiger partial charge in [-0.1, -0.05) is 12.8 Å². The minimum atomic E-state index is -0.207. The van der Waals surface area contributed by atoms with Crippen LogP contribution in [0.3, 0.4) is 0 Å². The van der Waals surface area contributed by atoms with Gasteiger partial charge in [0.25, 0.3) is 0 Å². The summed E-state index contributed by atoms with van der Waals surface area (Å²) in [6, 6.07) is 0.0581. The van der Waals surface area contributed by atoms with Crippen LogP contribution in [0, 0.1) is 0 Å².